The van der Waals surface area contributed by atoms with Gasteiger partial charge in [-0.1, -0.05) is 30.9 Å². The second-order valence-electron chi connectivity index (χ2n) is 4.58. The molecule has 1 saturated carbocycles. The lowest BCUT2D eigenvalue weighted by Gasteiger charge is -2.33. The van der Waals surface area contributed by atoms with Gasteiger partial charge in [-0.2, -0.15) is 0 Å². The van der Waals surface area contributed by atoms with E-state index in [1.165, 1.54) is 30.6 Å². The molecule has 1 amide bonds. The normalized spacial score (nSPS) is 16.8. The number of nitrogens with zero attached hydrogens (tertiary/aromatic N) is 1. The summed E-state index contributed by atoms with van der Waals surface area (Å²) in [6, 6.07) is 2.11. The molecule has 1 heterocycles. The minimum atomic E-state index is 0.0440. The van der Waals surface area contributed by atoms with Gasteiger partial charge in [0.25, 0.3) is 5.91 Å². The number of alkyl halides is 1. The van der Waals surface area contributed by atoms with Gasteiger partial charge in [-0.05, 0) is 24.3 Å². The van der Waals surface area contributed by atoms with Gasteiger partial charge in [-0.15, -0.1) is 22.9 Å². The molecule has 1 aliphatic rings. The lowest BCUT2D eigenvalue weighted by atomic mass is 9.94. The minimum Gasteiger partial charge on any atom is -0.334 e. The molecule has 0 spiro atoms. The summed E-state index contributed by atoms with van der Waals surface area (Å²) in [6.45, 7) is 0.610. The van der Waals surface area contributed by atoms with Crippen LogP contribution in [0.3, 0.4) is 0 Å². The van der Waals surface area contributed by atoms with E-state index in [1.807, 2.05) is 10.3 Å². The number of carbonyl (C=O) groups is 1. The zero-order valence-electron chi connectivity index (χ0n) is 10.2. The highest BCUT2D eigenvalue weighted by molar-refractivity contribution is 7.12. The molecule has 0 N–H and O–H groups in total. The van der Waals surface area contributed by atoms with Crippen LogP contribution in [0.25, 0.3) is 0 Å². The Morgan fingerprint density at radius 2 is 2.11 bits per heavy atom. The Kier molecular flexibility index (Phi) is 5.34. The lowest BCUT2D eigenvalue weighted by Crippen LogP contribution is -2.42. The van der Waals surface area contributed by atoms with Crippen LogP contribution in [0.15, 0.2) is 11.4 Å². The Hall–Kier alpha value is -0.250. The number of amides is 1. The Balaban J connectivity index is 2.13. The highest BCUT2D eigenvalue weighted by Crippen LogP contribution is 2.28. The molecule has 18 heavy (non-hydrogen) atoms. The van der Waals surface area contributed by atoms with Gasteiger partial charge in [-0.3, -0.25) is 4.79 Å². The van der Waals surface area contributed by atoms with Crippen molar-refractivity contribution in [1.82, 2.24) is 4.90 Å². The van der Waals surface area contributed by atoms with Gasteiger partial charge in [0.2, 0.25) is 0 Å². The van der Waals surface area contributed by atoms with Crippen LogP contribution < -0.4 is 0 Å². The van der Waals surface area contributed by atoms with Gasteiger partial charge in [0.1, 0.15) is 4.88 Å². The van der Waals surface area contributed by atoms with Crippen LogP contribution in [0.2, 0.25) is 5.02 Å². The number of rotatable bonds is 4. The first-order chi connectivity index (χ1) is 8.74. The van der Waals surface area contributed by atoms with Gasteiger partial charge >= 0.3 is 0 Å². The van der Waals surface area contributed by atoms with Crippen molar-refractivity contribution in [2.24, 2.45) is 0 Å². The van der Waals surface area contributed by atoms with Crippen LogP contribution in [-0.4, -0.2) is 29.3 Å². The molecule has 0 aromatic carbocycles. The van der Waals surface area contributed by atoms with Crippen molar-refractivity contribution in [3.8, 4) is 0 Å². The van der Waals surface area contributed by atoms with Crippen LogP contribution in [0.4, 0.5) is 0 Å². The topological polar surface area (TPSA) is 20.3 Å². The van der Waals surface area contributed by atoms with E-state index in [0.717, 1.165) is 12.8 Å². The van der Waals surface area contributed by atoms with E-state index in [2.05, 4.69) is 0 Å². The van der Waals surface area contributed by atoms with Crippen molar-refractivity contribution in [2.45, 2.75) is 38.1 Å². The van der Waals surface area contributed by atoms with Gasteiger partial charge < -0.3 is 4.90 Å². The standard InChI is InChI=1S/C13H17Cl2NOS/c14-7-8-16(10-4-2-1-3-5-10)13(17)12-11(15)6-9-18-12/h6,9-10H,1-5,7-8H2. The summed E-state index contributed by atoms with van der Waals surface area (Å²) in [5, 5.41) is 2.41. The van der Waals surface area contributed by atoms with Crippen molar-refractivity contribution >= 4 is 40.4 Å². The second-order valence-corrected chi connectivity index (χ2v) is 6.28. The van der Waals surface area contributed by atoms with Crippen molar-refractivity contribution in [3.63, 3.8) is 0 Å². The summed E-state index contributed by atoms with van der Waals surface area (Å²) >= 11 is 13.3. The molecule has 0 aliphatic heterocycles. The van der Waals surface area contributed by atoms with Gasteiger partial charge in [0.15, 0.2) is 0 Å². The zero-order valence-corrected chi connectivity index (χ0v) is 12.5. The average molecular weight is 306 g/mol. The molecule has 0 unspecified atom stereocenters. The van der Waals surface area contributed by atoms with Crippen molar-refractivity contribution in [1.29, 1.82) is 0 Å². The maximum atomic E-state index is 12.5. The van der Waals surface area contributed by atoms with Crippen LogP contribution in [0, 0.1) is 0 Å². The summed E-state index contributed by atoms with van der Waals surface area (Å²) in [5.74, 6) is 0.521. The zero-order chi connectivity index (χ0) is 13.0. The maximum absolute atomic E-state index is 12.5. The van der Waals surface area contributed by atoms with Gasteiger partial charge in [0, 0.05) is 18.5 Å². The molecule has 0 saturated heterocycles. The molecule has 0 atom stereocenters. The highest BCUT2D eigenvalue weighted by atomic mass is 35.5. The van der Waals surface area contributed by atoms with Crippen molar-refractivity contribution < 1.29 is 4.79 Å². The molecule has 2 rings (SSSR count). The number of hydrogen-bond donors (Lipinski definition) is 0. The molecule has 1 fully saturated rings. The smallest absolute Gasteiger partial charge is 0.265 e. The fourth-order valence-electron chi connectivity index (χ4n) is 2.51. The van der Waals surface area contributed by atoms with Gasteiger partial charge in [0.05, 0.1) is 5.02 Å². The van der Waals surface area contributed by atoms with E-state index >= 15 is 0 Å². The van der Waals surface area contributed by atoms with E-state index in [0.29, 0.717) is 28.4 Å². The van der Waals surface area contributed by atoms with Gasteiger partial charge in [-0.25, -0.2) is 0 Å². The molecule has 1 aromatic rings. The Morgan fingerprint density at radius 3 is 2.67 bits per heavy atom. The summed E-state index contributed by atoms with van der Waals surface area (Å²) in [7, 11) is 0. The summed E-state index contributed by atoms with van der Waals surface area (Å²) in [6.07, 6.45) is 5.86. The third-order valence-electron chi connectivity index (χ3n) is 3.41. The molecular formula is C13H17Cl2NOS. The fraction of sp³-hybridized carbons (Fsp3) is 0.615. The molecule has 100 valence electrons. The predicted molar refractivity (Wildman–Crippen MR) is 78.0 cm³/mol. The minimum absolute atomic E-state index is 0.0440. The average Bonchev–Trinajstić information content (AvgIpc) is 2.82. The van der Waals surface area contributed by atoms with Crippen LogP contribution in [-0.2, 0) is 0 Å². The molecule has 5 heteroatoms. The maximum Gasteiger partial charge on any atom is 0.265 e. The third kappa shape index (κ3) is 3.19. The summed E-state index contributed by atoms with van der Waals surface area (Å²) < 4.78 is 0. The highest BCUT2D eigenvalue weighted by Gasteiger charge is 2.27. The third-order valence-corrected chi connectivity index (χ3v) is 4.91. The predicted octanol–water partition coefficient (Wildman–Crippen LogP) is 4.42. The number of thiophene rings is 1. The SMILES string of the molecule is O=C(c1sccc1Cl)N(CCCl)C1CCCCC1. The fourth-order valence-corrected chi connectivity index (χ4v) is 3.78. The Bertz CT molecular complexity index is 401. The number of halogens is 2. The first-order valence-electron chi connectivity index (χ1n) is 6.34. The molecule has 0 bridgehead atoms. The summed E-state index contributed by atoms with van der Waals surface area (Å²) in [5.41, 5.74) is 0. The lowest BCUT2D eigenvalue weighted by molar-refractivity contribution is 0.0655. The first-order valence-corrected chi connectivity index (χ1v) is 8.13. The largest absolute Gasteiger partial charge is 0.334 e. The van der Waals surface area contributed by atoms with E-state index in [4.69, 9.17) is 23.2 Å². The number of hydrogen-bond acceptors (Lipinski definition) is 2. The van der Waals surface area contributed by atoms with E-state index in [1.54, 1.807) is 6.07 Å². The molecular weight excluding hydrogens is 289 g/mol. The molecule has 1 aliphatic carbocycles. The monoisotopic (exact) mass is 305 g/mol. The molecule has 1 aromatic heterocycles. The van der Waals surface area contributed by atoms with Crippen LogP contribution >= 0.6 is 34.5 Å². The van der Waals surface area contributed by atoms with Crippen LogP contribution in [0.1, 0.15) is 41.8 Å². The van der Waals surface area contributed by atoms with Crippen molar-refractivity contribution in [3.05, 3.63) is 21.3 Å². The summed E-state index contributed by atoms with van der Waals surface area (Å²) in [4.78, 5) is 15.1. The number of carbonyl (C=O) groups excluding carboxylic acids is 1. The van der Waals surface area contributed by atoms with E-state index < -0.39 is 0 Å². The Morgan fingerprint density at radius 1 is 1.39 bits per heavy atom. The first kappa shape index (κ1) is 14.2. The van der Waals surface area contributed by atoms with Crippen LogP contribution in [0.5, 0.6) is 0 Å². The quantitative estimate of drug-likeness (QED) is 0.754. The van der Waals surface area contributed by atoms with E-state index in [9.17, 15) is 4.79 Å². The molecule has 2 nitrogen and oxygen atoms in total. The van der Waals surface area contributed by atoms with Crippen molar-refractivity contribution in [2.75, 3.05) is 12.4 Å². The second kappa shape index (κ2) is 6.78. The Labute approximate surface area is 122 Å². The van der Waals surface area contributed by atoms with E-state index in [-0.39, 0.29) is 5.91 Å². The molecule has 0 radical (unpaired) electrons.